The molecule has 0 aromatic carbocycles. The Kier molecular flexibility index (Phi) is 6.70. The van der Waals surface area contributed by atoms with Gasteiger partial charge >= 0.3 is 0 Å². The van der Waals surface area contributed by atoms with E-state index in [0.29, 0.717) is 30.7 Å². The lowest BCUT2D eigenvalue weighted by molar-refractivity contribution is 0.0992. The van der Waals surface area contributed by atoms with Gasteiger partial charge in [-0.3, -0.25) is 4.99 Å². The van der Waals surface area contributed by atoms with Crippen LogP contribution in [0.15, 0.2) is 17.4 Å². The topological polar surface area (TPSA) is 63.5 Å². The molecule has 0 saturated carbocycles. The van der Waals surface area contributed by atoms with E-state index in [9.17, 15) is 0 Å². The van der Waals surface area contributed by atoms with Crippen molar-refractivity contribution in [3.05, 3.63) is 18.2 Å². The maximum Gasteiger partial charge on any atom is 0.191 e. The summed E-state index contributed by atoms with van der Waals surface area (Å²) in [6.45, 7) is 6.10. The zero-order chi connectivity index (χ0) is 15.5. The van der Waals surface area contributed by atoms with Crippen molar-refractivity contribution in [1.29, 1.82) is 0 Å². The van der Waals surface area contributed by atoms with Crippen LogP contribution in [0, 0.1) is 5.92 Å². The molecule has 3 heterocycles. The van der Waals surface area contributed by atoms with E-state index >= 15 is 0 Å². The summed E-state index contributed by atoms with van der Waals surface area (Å²) in [5.41, 5.74) is 0. The summed E-state index contributed by atoms with van der Waals surface area (Å²) >= 11 is 0. The van der Waals surface area contributed by atoms with Gasteiger partial charge in [0.15, 0.2) is 5.96 Å². The molecule has 6 nitrogen and oxygen atoms in total. The average molecular weight is 433 g/mol. The van der Waals surface area contributed by atoms with Crippen LogP contribution in [-0.4, -0.2) is 40.8 Å². The summed E-state index contributed by atoms with van der Waals surface area (Å²) < 4.78 is 8.08. The van der Waals surface area contributed by atoms with E-state index in [0.717, 1.165) is 31.2 Å². The quantitative estimate of drug-likeness (QED) is 0.425. The first-order chi connectivity index (χ1) is 10.7. The number of hydrogen-bond donors (Lipinski definition) is 2. The van der Waals surface area contributed by atoms with Crippen LogP contribution in [0.1, 0.15) is 38.9 Å². The standard InChI is InChI=1S/C16H27N5O.HI/c1-11(2)10-21-7-6-18-15(21)9-19-16(17-3)20-13-8-12-4-5-14(13)22-12;/h6-7,11-14H,4-5,8-10H2,1-3H3,(H2,17,19,20);1H. The predicted molar refractivity (Wildman–Crippen MR) is 102 cm³/mol. The highest BCUT2D eigenvalue weighted by atomic mass is 127. The summed E-state index contributed by atoms with van der Waals surface area (Å²) in [5, 5.41) is 6.87. The van der Waals surface area contributed by atoms with Crippen molar-refractivity contribution >= 4 is 29.9 Å². The first-order valence-corrected chi connectivity index (χ1v) is 8.28. The highest BCUT2D eigenvalue weighted by Gasteiger charge is 2.41. The maximum atomic E-state index is 5.88. The molecule has 130 valence electrons. The Hall–Kier alpha value is -0.830. The maximum absolute atomic E-state index is 5.88. The van der Waals surface area contributed by atoms with Crippen molar-refractivity contribution in [1.82, 2.24) is 20.2 Å². The Morgan fingerprint density at radius 1 is 1.48 bits per heavy atom. The fourth-order valence-electron chi connectivity index (χ4n) is 3.39. The highest BCUT2D eigenvalue weighted by Crippen LogP contribution is 2.34. The van der Waals surface area contributed by atoms with Crippen molar-refractivity contribution < 1.29 is 4.74 Å². The van der Waals surface area contributed by atoms with Crippen LogP contribution in [0.4, 0.5) is 0 Å². The van der Waals surface area contributed by atoms with Gasteiger partial charge in [-0.15, -0.1) is 24.0 Å². The first-order valence-electron chi connectivity index (χ1n) is 8.28. The fraction of sp³-hybridized carbons (Fsp3) is 0.750. The Labute approximate surface area is 155 Å². The lowest BCUT2D eigenvalue weighted by Crippen LogP contribution is -2.47. The number of ether oxygens (including phenoxy) is 1. The zero-order valence-corrected chi connectivity index (χ0v) is 16.5. The second-order valence-electron chi connectivity index (χ2n) is 6.68. The van der Waals surface area contributed by atoms with Crippen molar-refractivity contribution in [2.45, 2.75) is 64.4 Å². The number of rotatable bonds is 5. The molecular weight excluding hydrogens is 405 g/mol. The average Bonchev–Trinajstić information content (AvgIpc) is 3.19. The Morgan fingerprint density at radius 2 is 2.30 bits per heavy atom. The van der Waals surface area contributed by atoms with E-state index in [-0.39, 0.29) is 24.0 Å². The van der Waals surface area contributed by atoms with Crippen molar-refractivity contribution in [2.75, 3.05) is 7.05 Å². The summed E-state index contributed by atoms with van der Waals surface area (Å²) in [7, 11) is 1.81. The Balaban J connectivity index is 0.00000192. The first kappa shape index (κ1) is 18.5. The molecule has 2 fully saturated rings. The number of nitrogens with one attached hydrogen (secondary N) is 2. The van der Waals surface area contributed by atoms with E-state index in [1.807, 2.05) is 19.4 Å². The molecule has 0 spiro atoms. The Morgan fingerprint density at radius 3 is 2.91 bits per heavy atom. The summed E-state index contributed by atoms with van der Waals surface area (Å²) in [4.78, 5) is 8.77. The minimum absolute atomic E-state index is 0. The van der Waals surface area contributed by atoms with E-state index in [4.69, 9.17) is 4.74 Å². The molecule has 0 amide bonds. The summed E-state index contributed by atoms with van der Waals surface area (Å²) in [6.07, 6.45) is 8.17. The van der Waals surface area contributed by atoms with Crippen LogP contribution >= 0.6 is 24.0 Å². The molecule has 0 radical (unpaired) electrons. The smallest absolute Gasteiger partial charge is 0.191 e. The van der Waals surface area contributed by atoms with Gasteiger partial charge in [0.05, 0.1) is 24.8 Å². The van der Waals surface area contributed by atoms with Gasteiger partial charge in [-0.05, 0) is 25.2 Å². The number of aromatic nitrogens is 2. The molecule has 2 N–H and O–H groups in total. The van der Waals surface area contributed by atoms with E-state index in [1.165, 1.54) is 6.42 Å². The Bertz CT molecular complexity index is 530. The minimum atomic E-state index is 0. The molecule has 2 aliphatic rings. The molecule has 3 unspecified atom stereocenters. The summed E-state index contributed by atoms with van der Waals surface area (Å²) in [5.74, 6) is 2.48. The molecular formula is C16H28IN5O. The SMILES string of the molecule is CN=C(NCc1nccn1CC(C)C)NC1CC2CCC1O2.I. The molecule has 1 aromatic rings. The molecule has 3 atom stereocenters. The molecule has 7 heteroatoms. The number of imidazole rings is 1. The predicted octanol–water partition coefficient (Wildman–Crippen LogP) is 2.14. The van der Waals surface area contributed by atoms with Gasteiger partial charge in [0.25, 0.3) is 0 Å². The number of fused-ring (bicyclic) bond motifs is 2. The molecule has 1 aromatic heterocycles. The van der Waals surface area contributed by atoms with Crippen LogP contribution < -0.4 is 10.6 Å². The molecule has 3 rings (SSSR count). The highest BCUT2D eigenvalue weighted by molar-refractivity contribution is 14.0. The molecule has 0 aliphatic carbocycles. The fourth-order valence-corrected chi connectivity index (χ4v) is 3.39. The van der Waals surface area contributed by atoms with Gasteiger partial charge in [0, 0.05) is 26.0 Å². The third kappa shape index (κ3) is 4.59. The van der Waals surface area contributed by atoms with Crippen LogP contribution in [0.3, 0.4) is 0 Å². The number of halogens is 1. The monoisotopic (exact) mass is 433 g/mol. The van der Waals surface area contributed by atoms with E-state index in [1.54, 1.807) is 0 Å². The number of nitrogens with zero attached hydrogens (tertiary/aromatic N) is 3. The van der Waals surface area contributed by atoms with Gasteiger partial charge in [-0.25, -0.2) is 4.98 Å². The van der Waals surface area contributed by atoms with Gasteiger partial charge in [-0.2, -0.15) is 0 Å². The van der Waals surface area contributed by atoms with Crippen LogP contribution in [0.2, 0.25) is 0 Å². The molecule has 2 bridgehead atoms. The lowest BCUT2D eigenvalue weighted by Gasteiger charge is -2.22. The largest absolute Gasteiger partial charge is 0.373 e. The van der Waals surface area contributed by atoms with Gasteiger partial charge in [-0.1, -0.05) is 13.8 Å². The van der Waals surface area contributed by atoms with Crippen LogP contribution in [-0.2, 0) is 17.8 Å². The van der Waals surface area contributed by atoms with Gasteiger partial charge < -0.3 is 19.9 Å². The lowest BCUT2D eigenvalue weighted by atomic mass is 9.96. The van der Waals surface area contributed by atoms with Crippen molar-refractivity contribution in [2.24, 2.45) is 10.9 Å². The number of hydrogen-bond acceptors (Lipinski definition) is 3. The van der Waals surface area contributed by atoms with Gasteiger partial charge in [0.2, 0.25) is 0 Å². The minimum Gasteiger partial charge on any atom is -0.373 e. The van der Waals surface area contributed by atoms with Crippen molar-refractivity contribution in [3.63, 3.8) is 0 Å². The number of guanidine groups is 1. The third-order valence-electron chi connectivity index (χ3n) is 4.43. The summed E-state index contributed by atoms with van der Waals surface area (Å²) in [6, 6.07) is 0.389. The van der Waals surface area contributed by atoms with E-state index in [2.05, 4.69) is 39.0 Å². The van der Waals surface area contributed by atoms with E-state index < -0.39 is 0 Å². The van der Waals surface area contributed by atoms with Gasteiger partial charge in [0.1, 0.15) is 5.82 Å². The zero-order valence-electron chi connectivity index (χ0n) is 14.2. The van der Waals surface area contributed by atoms with Crippen molar-refractivity contribution in [3.8, 4) is 0 Å². The second-order valence-corrected chi connectivity index (χ2v) is 6.68. The molecule has 2 aliphatic heterocycles. The number of aliphatic imine (C=N–C) groups is 1. The van der Waals surface area contributed by atoms with Crippen LogP contribution in [0.25, 0.3) is 0 Å². The normalized spacial score (nSPS) is 26.4. The van der Waals surface area contributed by atoms with Crippen LogP contribution in [0.5, 0.6) is 0 Å². The molecule has 23 heavy (non-hydrogen) atoms. The second kappa shape index (κ2) is 8.32. The molecule has 2 saturated heterocycles. The third-order valence-corrected chi connectivity index (χ3v) is 4.43.